The Morgan fingerprint density at radius 3 is 2.89 bits per heavy atom. The second kappa shape index (κ2) is 5.22. The summed E-state index contributed by atoms with van der Waals surface area (Å²) in [5.74, 6) is -3.05. The Balaban J connectivity index is 1.93. The summed E-state index contributed by atoms with van der Waals surface area (Å²) >= 11 is 4.87. The molecule has 1 aromatic heterocycles. The lowest BCUT2D eigenvalue weighted by atomic mass is 10.1. The molecule has 0 aliphatic carbocycles. The van der Waals surface area contributed by atoms with Crippen LogP contribution >= 0.6 is 27.3 Å². The zero-order chi connectivity index (χ0) is 13.3. The van der Waals surface area contributed by atoms with Crippen molar-refractivity contribution in [2.75, 3.05) is 13.6 Å². The van der Waals surface area contributed by atoms with Gasteiger partial charge in [-0.05, 0) is 28.1 Å². The van der Waals surface area contributed by atoms with E-state index in [0.717, 1.165) is 8.66 Å². The predicted octanol–water partition coefficient (Wildman–Crippen LogP) is 2.47. The van der Waals surface area contributed by atoms with Gasteiger partial charge in [-0.25, -0.2) is 8.78 Å². The van der Waals surface area contributed by atoms with Gasteiger partial charge in [-0.1, -0.05) is 0 Å². The average Bonchev–Trinajstić information content (AvgIpc) is 2.83. The van der Waals surface area contributed by atoms with E-state index in [2.05, 4.69) is 21.2 Å². The number of hydrogen-bond acceptors (Lipinski definition) is 3. The first kappa shape index (κ1) is 13.9. The van der Waals surface area contributed by atoms with Gasteiger partial charge in [-0.15, -0.1) is 11.3 Å². The zero-order valence-electron chi connectivity index (χ0n) is 9.75. The smallest absolute Gasteiger partial charge is 0.262 e. The molecule has 0 spiro atoms. The first-order valence-corrected chi connectivity index (χ1v) is 7.09. The lowest BCUT2D eigenvalue weighted by Gasteiger charge is -2.20. The van der Waals surface area contributed by atoms with Gasteiger partial charge >= 0.3 is 0 Å². The average molecular weight is 339 g/mol. The highest BCUT2D eigenvalue weighted by atomic mass is 79.9. The van der Waals surface area contributed by atoms with Crippen LogP contribution in [0.3, 0.4) is 0 Å². The van der Waals surface area contributed by atoms with E-state index < -0.39 is 24.9 Å². The Morgan fingerprint density at radius 1 is 1.67 bits per heavy atom. The maximum Gasteiger partial charge on any atom is 0.262 e. The SMILES string of the molecule is CN(Cc1ccc(Br)s1)C(=O)C1CC(F)(F)CN1. The van der Waals surface area contributed by atoms with Gasteiger partial charge in [0.2, 0.25) is 5.91 Å². The van der Waals surface area contributed by atoms with Crippen LogP contribution in [0.15, 0.2) is 15.9 Å². The molecule has 2 heterocycles. The van der Waals surface area contributed by atoms with E-state index in [0.29, 0.717) is 6.54 Å². The van der Waals surface area contributed by atoms with Gasteiger partial charge < -0.3 is 4.90 Å². The summed E-state index contributed by atoms with van der Waals surface area (Å²) in [6.45, 7) is 0.0284. The Labute approximate surface area is 116 Å². The summed E-state index contributed by atoms with van der Waals surface area (Å²) < 4.78 is 27.0. The Kier molecular flexibility index (Phi) is 4.03. The van der Waals surface area contributed by atoms with E-state index in [1.807, 2.05) is 12.1 Å². The van der Waals surface area contributed by atoms with Crippen molar-refractivity contribution in [2.45, 2.75) is 24.9 Å². The number of carbonyl (C=O) groups excluding carboxylic acids is 1. The molecule has 1 atom stereocenters. The van der Waals surface area contributed by atoms with Gasteiger partial charge in [0, 0.05) is 18.3 Å². The third-order valence-corrected chi connectivity index (χ3v) is 4.41. The fourth-order valence-corrected chi connectivity index (χ4v) is 3.44. The van der Waals surface area contributed by atoms with Crippen LogP contribution in [-0.2, 0) is 11.3 Å². The van der Waals surface area contributed by atoms with E-state index in [4.69, 9.17) is 0 Å². The Bertz CT molecular complexity index is 452. The number of hydrogen-bond donors (Lipinski definition) is 1. The third-order valence-electron chi connectivity index (χ3n) is 2.81. The molecular weight excluding hydrogens is 326 g/mol. The molecule has 7 heteroatoms. The molecule has 0 bridgehead atoms. The highest BCUT2D eigenvalue weighted by molar-refractivity contribution is 9.11. The topological polar surface area (TPSA) is 32.3 Å². The number of thiophene rings is 1. The number of nitrogens with zero attached hydrogens (tertiary/aromatic N) is 1. The van der Waals surface area contributed by atoms with Crippen LogP contribution in [0.5, 0.6) is 0 Å². The van der Waals surface area contributed by atoms with Crippen molar-refractivity contribution in [2.24, 2.45) is 0 Å². The summed E-state index contributed by atoms with van der Waals surface area (Å²) in [5.41, 5.74) is 0. The Hall–Kier alpha value is -0.530. The van der Waals surface area contributed by atoms with E-state index in [9.17, 15) is 13.6 Å². The van der Waals surface area contributed by atoms with E-state index in [1.165, 1.54) is 16.2 Å². The zero-order valence-corrected chi connectivity index (χ0v) is 12.2. The maximum absolute atomic E-state index is 13.0. The molecule has 1 N–H and O–H groups in total. The van der Waals surface area contributed by atoms with Crippen molar-refractivity contribution in [3.8, 4) is 0 Å². The lowest BCUT2D eigenvalue weighted by Crippen LogP contribution is -2.41. The number of halogens is 3. The fourth-order valence-electron chi connectivity index (χ4n) is 1.90. The van der Waals surface area contributed by atoms with Crippen LogP contribution in [-0.4, -0.2) is 36.4 Å². The number of nitrogens with one attached hydrogen (secondary N) is 1. The molecule has 1 aliphatic heterocycles. The van der Waals surface area contributed by atoms with Gasteiger partial charge in [-0.3, -0.25) is 10.1 Å². The molecule has 2 rings (SSSR count). The van der Waals surface area contributed by atoms with Crippen molar-refractivity contribution >= 4 is 33.2 Å². The standard InChI is InChI=1S/C11H13BrF2N2OS/c1-16(5-7-2-3-9(12)18-7)10(17)8-4-11(13,14)6-15-8/h2-3,8,15H,4-6H2,1H3. The van der Waals surface area contributed by atoms with Crippen molar-refractivity contribution < 1.29 is 13.6 Å². The molecule has 0 radical (unpaired) electrons. The molecule has 0 aromatic carbocycles. The van der Waals surface area contributed by atoms with E-state index in [-0.39, 0.29) is 5.91 Å². The highest BCUT2D eigenvalue weighted by Gasteiger charge is 2.43. The quantitative estimate of drug-likeness (QED) is 0.918. The molecule has 0 saturated carbocycles. The van der Waals surface area contributed by atoms with Gasteiger partial charge in [0.25, 0.3) is 5.92 Å². The molecule has 1 aromatic rings. The summed E-state index contributed by atoms with van der Waals surface area (Å²) in [6.07, 6.45) is -0.412. The normalized spacial score (nSPS) is 22.1. The second-order valence-electron chi connectivity index (χ2n) is 4.39. The van der Waals surface area contributed by atoms with E-state index in [1.54, 1.807) is 7.05 Å². The summed E-state index contributed by atoms with van der Waals surface area (Å²) in [7, 11) is 1.63. The summed E-state index contributed by atoms with van der Waals surface area (Å²) in [5, 5.41) is 2.57. The molecule has 18 heavy (non-hydrogen) atoms. The number of alkyl halides is 2. The molecule has 1 saturated heterocycles. The number of likely N-dealkylation sites (N-methyl/N-ethyl adjacent to an activating group) is 1. The largest absolute Gasteiger partial charge is 0.339 e. The van der Waals surface area contributed by atoms with Crippen molar-refractivity contribution in [1.82, 2.24) is 10.2 Å². The van der Waals surface area contributed by atoms with Crippen molar-refractivity contribution in [3.63, 3.8) is 0 Å². The van der Waals surface area contributed by atoms with Crippen LogP contribution in [0.2, 0.25) is 0 Å². The number of rotatable bonds is 3. The number of amides is 1. The third kappa shape index (κ3) is 3.27. The molecule has 100 valence electrons. The van der Waals surface area contributed by atoms with Crippen LogP contribution in [0.25, 0.3) is 0 Å². The molecular formula is C11H13BrF2N2OS. The lowest BCUT2D eigenvalue weighted by molar-refractivity contribution is -0.132. The summed E-state index contributed by atoms with van der Waals surface area (Å²) in [6, 6.07) is 3.04. The van der Waals surface area contributed by atoms with Crippen LogP contribution in [0, 0.1) is 0 Å². The van der Waals surface area contributed by atoms with Gasteiger partial charge in [-0.2, -0.15) is 0 Å². The molecule has 3 nitrogen and oxygen atoms in total. The first-order valence-electron chi connectivity index (χ1n) is 5.48. The van der Waals surface area contributed by atoms with Crippen LogP contribution in [0.4, 0.5) is 8.78 Å². The van der Waals surface area contributed by atoms with Crippen molar-refractivity contribution in [1.29, 1.82) is 0 Å². The van der Waals surface area contributed by atoms with E-state index >= 15 is 0 Å². The second-order valence-corrected chi connectivity index (χ2v) is 6.94. The minimum Gasteiger partial charge on any atom is -0.339 e. The van der Waals surface area contributed by atoms with Crippen molar-refractivity contribution in [3.05, 3.63) is 20.8 Å². The molecule has 1 fully saturated rings. The summed E-state index contributed by atoms with van der Waals surface area (Å²) in [4.78, 5) is 14.5. The first-order chi connectivity index (χ1) is 8.37. The van der Waals surface area contributed by atoms with Gasteiger partial charge in [0.05, 0.1) is 22.9 Å². The van der Waals surface area contributed by atoms with Crippen LogP contribution < -0.4 is 5.32 Å². The van der Waals surface area contributed by atoms with Crippen LogP contribution in [0.1, 0.15) is 11.3 Å². The number of carbonyl (C=O) groups is 1. The fraction of sp³-hybridized carbons (Fsp3) is 0.545. The molecule has 1 unspecified atom stereocenters. The minimum atomic E-state index is -2.77. The minimum absolute atomic E-state index is 0.281. The maximum atomic E-state index is 13.0. The highest BCUT2D eigenvalue weighted by Crippen LogP contribution is 2.27. The molecule has 1 amide bonds. The molecule has 1 aliphatic rings. The predicted molar refractivity (Wildman–Crippen MR) is 69.8 cm³/mol. The monoisotopic (exact) mass is 338 g/mol. The Morgan fingerprint density at radius 2 is 2.39 bits per heavy atom. The van der Waals surface area contributed by atoms with Gasteiger partial charge in [0.15, 0.2) is 0 Å². The van der Waals surface area contributed by atoms with Gasteiger partial charge in [0.1, 0.15) is 0 Å².